The zero-order valence-corrected chi connectivity index (χ0v) is 12.0. The van der Waals surface area contributed by atoms with E-state index >= 15 is 0 Å². The lowest BCUT2D eigenvalue weighted by molar-refractivity contribution is -0.394. The lowest BCUT2D eigenvalue weighted by Crippen LogP contribution is -2.45. The zero-order chi connectivity index (χ0) is 17.4. The Morgan fingerprint density at radius 3 is 2.04 bits per heavy atom. The number of piperazine rings is 1. The van der Waals surface area contributed by atoms with E-state index in [0.717, 1.165) is 0 Å². The molecular formula is C12H13F3N4O4. The number of non-ortho nitro benzene ring substituents is 1. The molecule has 0 unspecified atom stereocenters. The van der Waals surface area contributed by atoms with Crippen LogP contribution < -0.4 is 4.90 Å². The third kappa shape index (κ3) is 3.50. The van der Waals surface area contributed by atoms with Gasteiger partial charge in [0.1, 0.15) is 5.69 Å². The molecule has 1 aliphatic heterocycles. The Balaban J connectivity index is 2.66. The maximum Gasteiger partial charge on any atom is 0.418 e. The van der Waals surface area contributed by atoms with Crippen molar-refractivity contribution in [2.75, 3.05) is 38.1 Å². The van der Waals surface area contributed by atoms with Crippen LogP contribution in [-0.4, -0.2) is 48.0 Å². The van der Waals surface area contributed by atoms with Crippen LogP contribution in [-0.2, 0) is 6.18 Å². The number of likely N-dealkylation sites (N-methyl/N-ethyl adjacent to an activating group) is 1. The zero-order valence-electron chi connectivity index (χ0n) is 12.0. The SMILES string of the molecule is CN1CCN(c2c([N+](=O)[O-])cc([N+](=O)[O-])cc2C(F)(F)F)CC1. The molecule has 1 aromatic rings. The van der Waals surface area contributed by atoms with Gasteiger partial charge in [-0.15, -0.1) is 0 Å². The fourth-order valence-corrected chi connectivity index (χ4v) is 2.43. The molecule has 0 aliphatic carbocycles. The largest absolute Gasteiger partial charge is 0.418 e. The molecule has 0 N–H and O–H groups in total. The number of rotatable bonds is 3. The average molecular weight is 334 g/mol. The first-order chi connectivity index (χ1) is 10.6. The fourth-order valence-electron chi connectivity index (χ4n) is 2.43. The first-order valence-electron chi connectivity index (χ1n) is 6.58. The highest BCUT2D eigenvalue weighted by atomic mass is 19.4. The highest BCUT2D eigenvalue weighted by Gasteiger charge is 2.41. The summed E-state index contributed by atoms with van der Waals surface area (Å²) >= 11 is 0. The van der Waals surface area contributed by atoms with E-state index in [-0.39, 0.29) is 13.1 Å². The monoisotopic (exact) mass is 334 g/mol. The molecule has 126 valence electrons. The van der Waals surface area contributed by atoms with Gasteiger partial charge in [-0.2, -0.15) is 13.2 Å². The molecule has 0 saturated carbocycles. The van der Waals surface area contributed by atoms with Crippen molar-refractivity contribution in [2.24, 2.45) is 0 Å². The Morgan fingerprint density at radius 1 is 1.04 bits per heavy atom. The summed E-state index contributed by atoms with van der Waals surface area (Å²) in [6, 6.07) is 0.920. The summed E-state index contributed by atoms with van der Waals surface area (Å²) in [4.78, 5) is 23.0. The summed E-state index contributed by atoms with van der Waals surface area (Å²) < 4.78 is 39.9. The summed E-state index contributed by atoms with van der Waals surface area (Å²) in [6.07, 6.45) is -4.94. The Kier molecular flexibility index (Phi) is 4.41. The van der Waals surface area contributed by atoms with E-state index in [0.29, 0.717) is 25.2 Å². The van der Waals surface area contributed by atoms with Crippen molar-refractivity contribution in [1.82, 2.24) is 4.90 Å². The van der Waals surface area contributed by atoms with E-state index in [9.17, 15) is 33.4 Å². The average Bonchev–Trinajstić information content (AvgIpc) is 2.45. The highest BCUT2D eigenvalue weighted by Crippen LogP contribution is 2.44. The molecule has 1 aromatic carbocycles. The molecule has 1 aliphatic rings. The Bertz CT molecular complexity index is 642. The molecule has 11 heteroatoms. The second kappa shape index (κ2) is 5.99. The predicted octanol–water partition coefficient (Wildman–Crippen LogP) is 2.27. The highest BCUT2D eigenvalue weighted by molar-refractivity contribution is 5.72. The van der Waals surface area contributed by atoms with Crippen molar-refractivity contribution in [1.29, 1.82) is 0 Å². The van der Waals surface area contributed by atoms with Crippen molar-refractivity contribution < 1.29 is 23.0 Å². The van der Waals surface area contributed by atoms with Crippen LogP contribution in [0, 0.1) is 20.2 Å². The number of alkyl halides is 3. The van der Waals surface area contributed by atoms with Gasteiger partial charge in [-0.3, -0.25) is 20.2 Å². The summed E-state index contributed by atoms with van der Waals surface area (Å²) in [5, 5.41) is 21.9. The van der Waals surface area contributed by atoms with E-state index in [1.54, 1.807) is 7.05 Å². The lowest BCUT2D eigenvalue weighted by Gasteiger charge is -2.34. The Morgan fingerprint density at radius 2 is 1.61 bits per heavy atom. The molecule has 23 heavy (non-hydrogen) atoms. The summed E-state index contributed by atoms with van der Waals surface area (Å²) in [5.74, 6) is 0. The molecular weight excluding hydrogens is 321 g/mol. The van der Waals surface area contributed by atoms with Gasteiger partial charge in [0.2, 0.25) is 0 Å². The summed E-state index contributed by atoms with van der Waals surface area (Å²) in [6.45, 7) is 1.20. The quantitative estimate of drug-likeness (QED) is 0.622. The van der Waals surface area contributed by atoms with Crippen LogP contribution in [0.2, 0.25) is 0 Å². The predicted molar refractivity (Wildman–Crippen MR) is 74.5 cm³/mol. The van der Waals surface area contributed by atoms with E-state index in [1.165, 1.54) is 4.90 Å². The van der Waals surface area contributed by atoms with Crippen molar-refractivity contribution in [3.05, 3.63) is 37.9 Å². The van der Waals surface area contributed by atoms with Gasteiger partial charge in [0, 0.05) is 32.2 Å². The third-order valence-corrected chi connectivity index (χ3v) is 3.61. The van der Waals surface area contributed by atoms with Crippen LogP contribution in [0.1, 0.15) is 5.56 Å². The molecule has 0 atom stereocenters. The van der Waals surface area contributed by atoms with Gasteiger partial charge < -0.3 is 9.80 Å². The first-order valence-corrected chi connectivity index (χ1v) is 6.58. The molecule has 0 amide bonds. The van der Waals surface area contributed by atoms with Gasteiger partial charge in [-0.1, -0.05) is 0 Å². The number of hydrogen-bond donors (Lipinski definition) is 0. The van der Waals surface area contributed by atoms with Crippen LogP contribution >= 0.6 is 0 Å². The molecule has 1 fully saturated rings. The summed E-state index contributed by atoms with van der Waals surface area (Å²) in [5.41, 5.74) is -3.83. The number of halogens is 3. The van der Waals surface area contributed by atoms with E-state index in [1.807, 2.05) is 4.90 Å². The number of nitro groups is 2. The van der Waals surface area contributed by atoms with Crippen LogP contribution in [0.15, 0.2) is 12.1 Å². The van der Waals surface area contributed by atoms with Gasteiger partial charge >= 0.3 is 6.18 Å². The van der Waals surface area contributed by atoms with Gasteiger partial charge in [0.15, 0.2) is 0 Å². The topological polar surface area (TPSA) is 92.8 Å². The number of nitro benzene ring substituents is 2. The molecule has 2 rings (SSSR count). The van der Waals surface area contributed by atoms with Crippen molar-refractivity contribution >= 4 is 17.1 Å². The minimum atomic E-state index is -4.94. The van der Waals surface area contributed by atoms with Crippen LogP contribution in [0.5, 0.6) is 0 Å². The minimum absolute atomic E-state index is 0.165. The molecule has 1 saturated heterocycles. The van der Waals surface area contributed by atoms with E-state index in [4.69, 9.17) is 0 Å². The second-order valence-electron chi connectivity index (χ2n) is 5.16. The molecule has 8 nitrogen and oxygen atoms in total. The molecule has 1 heterocycles. The Labute approximate surface area is 128 Å². The van der Waals surface area contributed by atoms with E-state index in [2.05, 4.69) is 0 Å². The fraction of sp³-hybridized carbons (Fsp3) is 0.500. The van der Waals surface area contributed by atoms with Crippen molar-refractivity contribution in [3.63, 3.8) is 0 Å². The van der Waals surface area contributed by atoms with E-state index < -0.39 is 38.6 Å². The first kappa shape index (κ1) is 16.9. The molecule has 0 spiro atoms. The van der Waals surface area contributed by atoms with Crippen LogP contribution in [0.25, 0.3) is 0 Å². The van der Waals surface area contributed by atoms with Crippen LogP contribution in [0.3, 0.4) is 0 Å². The third-order valence-electron chi connectivity index (χ3n) is 3.61. The Hall–Kier alpha value is -2.43. The van der Waals surface area contributed by atoms with Gasteiger partial charge in [0.25, 0.3) is 11.4 Å². The van der Waals surface area contributed by atoms with Gasteiger partial charge in [-0.05, 0) is 7.05 Å². The van der Waals surface area contributed by atoms with Gasteiger partial charge in [0.05, 0.1) is 21.5 Å². The standard InChI is InChI=1S/C12H13F3N4O4/c1-16-2-4-17(5-3-16)11-9(12(13,14)15)6-8(18(20)21)7-10(11)19(22)23/h6-7H,2-5H2,1H3. The molecule has 0 radical (unpaired) electrons. The maximum absolute atomic E-state index is 13.3. The number of anilines is 1. The van der Waals surface area contributed by atoms with Crippen molar-refractivity contribution in [2.45, 2.75) is 6.18 Å². The number of nitrogens with zero attached hydrogens (tertiary/aromatic N) is 4. The van der Waals surface area contributed by atoms with Gasteiger partial charge in [-0.25, -0.2) is 0 Å². The maximum atomic E-state index is 13.3. The minimum Gasteiger partial charge on any atom is -0.363 e. The number of benzene rings is 1. The normalized spacial score (nSPS) is 16.4. The molecule has 0 aromatic heterocycles. The van der Waals surface area contributed by atoms with Crippen molar-refractivity contribution in [3.8, 4) is 0 Å². The van der Waals surface area contributed by atoms with Crippen LogP contribution in [0.4, 0.5) is 30.2 Å². The molecule has 0 bridgehead atoms. The smallest absolute Gasteiger partial charge is 0.363 e. The lowest BCUT2D eigenvalue weighted by atomic mass is 10.1. The summed E-state index contributed by atoms with van der Waals surface area (Å²) in [7, 11) is 1.78. The second-order valence-corrected chi connectivity index (χ2v) is 5.16. The number of hydrogen-bond acceptors (Lipinski definition) is 6.